The minimum Gasteiger partial charge on any atom is -0.457 e. The van der Waals surface area contributed by atoms with Crippen LogP contribution in [0.2, 0.25) is 5.02 Å². The predicted molar refractivity (Wildman–Crippen MR) is 105 cm³/mol. The first kappa shape index (κ1) is 20.1. The van der Waals surface area contributed by atoms with Crippen molar-refractivity contribution in [2.45, 2.75) is 37.8 Å². The Morgan fingerprint density at radius 1 is 1.28 bits per heavy atom. The zero-order valence-electron chi connectivity index (χ0n) is 15.7. The van der Waals surface area contributed by atoms with Crippen molar-refractivity contribution in [3.8, 4) is 0 Å². The SMILES string of the molecule is Cc1ccc(Nc2c(F)cccc2Cl)c(CC(=O)OC2COC3C(O)COC23)c1. The van der Waals surface area contributed by atoms with Crippen LogP contribution in [0.25, 0.3) is 0 Å². The van der Waals surface area contributed by atoms with Gasteiger partial charge < -0.3 is 24.6 Å². The van der Waals surface area contributed by atoms with E-state index in [2.05, 4.69) is 5.32 Å². The molecule has 0 aliphatic carbocycles. The molecule has 0 bridgehead atoms. The van der Waals surface area contributed by atoms with E-state index in [0.29, 0.717) is 11.3 Å². The summed E-state index contributed by atoms with van der Waals surface area (Å²) in [6, 6.07) is 9.88. The van der Waals surface area contributed by atoms with E-state index in [9.17, 15) is 14.3 Å². The van der Waals surface area contributed by atoms with Crippen molar-refractivity contribution in [2.24, 2.45) is 0 Å². The molecule has 0 radical (unpaired) electrons. The second-order valence-corrected chi connectivity index (χ2v) is 7.66. The summed E-state index contributed by atoms with van der Waals surface area (Å²) in [5.41, 5.74) is 2.31. The van der Waals surface area contributed by atoms with E-state index >= 15 is 0 Å². The molecule has 2 aliphatic heterocycles. The van der Waals surface area contributed by atoms with Crippen molar-refractivity contribution in [3.63, 3.8) is 0 Å². The maximum atomic E-state index is 14.1. The maximum Gasteiger partial charge on any atom is 0.310 e. The van der Waals surface area contributed by atoms with E-state index in [1.54, 1.807) is 12.1 Å². The molecule has 6 nitrogen and oxygen atoms in total. The van der Waals surface area contributed by atoms with Gasteiger partial charge in [0.1, 0.15) is 24.1 Å². The van der Waals surface area contributed by atoms with Crippen LogP contribution in [0.15, 0.2) is 36.4 Å². The summed E-state index contributed by atoms with van der Waals surface area (Å²) in [6.07, 6.45) is -2.21. The normalized spacial score (nSPS) is 25.7. The van der Waals surface area contributed by atoms with Crippen LogP contribution in [-0.4, -0.2) is 48.7 Å². The second-order valence-electron chi connectivity index (χ2n) is 7.25. The molecule has 0 amide bonds. The van der Waals surface area contributed by atoms with Crippen molar-refractivity contribution in [1.29, 1.82) is 0 Å². The van der Waals surface area contributed by atoms with Gasteiger partial charge in [0.25, 0.3) is 0 Å². The molecule has 2 aliphatic rings. The fourth-order valence-corrected chi connectivity index (χ4v) is 3.86. The van der Waals surface area contributed by atoms with Crippen molar-refractivity contribution in [3.05, 3.63) is 58.4 Å². The van der Waals surface area contributed by atoms with Crippen LogP contribution < -0.4 is 5.32 Å². The summed E-state index contributed by atoms with van der Waals surface area (Å²) < 4.78 is 30.7. The molecule has 4 unspecified atom stereocenters. The summed E-state index contributed by atoms with van der Waals surface area (Å²) in [7, 11) is 0. The highest BCUT2D eigenvalue weighted by atomic mass is 35.5. The summed E-state index contributed by atoms with van der Waals surface area (Å²) in [6.45, 7) is 2.25. The fraction of sp³-hybridized carbons (Fsp3) is 0.381. The Balaban J connectivity index is 1.48. The number of aryl methyl sites for hydroxylation is 1. The Bertz CT molecular complexity index is 904. The van der Waals surface area contributed by atoms with E-state index in [1.165, 1.54) is 12.1 Å². The Morgan fingerprint density at radius 2 is 2.07 bits per heavy atom. The summed E-state index contributed by atoms with van der Waals surface area (Å²) in [4.78, 5) is 12.6. The van der Waals surface area contributed by atoms with E-state index in [-0.39, 0.29) is 30.3 Å². The average molecular weight is 422 g/mol. The second kappa shape index (κ2) is 8.28. The highest BCUT2D eigenvalue weighted by Crippen LogP contribution is 2.32. The van der Waals surface area contributed by atoms with E-state index in [0.717, 1.165) is 5.56 Å². The zero-order valence-corrected chi connectivity index (χ0v) is 16.5. The first-order chi connectivity index (χ1) is 13.9. The minimum absolute atomic E-state index is 0.0213. The van der Waals surface area contributed by atoms with Crippen LogP contribution in [0, 0.1) is 12.7 Å². The quantitative estimate of drug-likeness (QED) is 0.722. The van der Waals surface area contributed by atoms with Crippen LogP contribution in [0.3, 0.4) is 0 Å². The fourth-order valence-electron chi connectivity index (χ4n) is 3.65. The smallest absolute Gasteiger partial charge is 0.310 e. The molecular formula is C21H21ClFNO5. The predicted octanol–water partition coefficient (Wildman–Crippen LogP) is 3.14. The number of carbonyl (C=O) groups is 1. The molecule has 154 valence electrons. The molecule has 2 fully saturated rings. The maximum absolute atomic E-state index is 14.1. The number of aliphatic hydroxyl groups is 1. The number of hydrogen-bond acceptors (Lipinski definition) is 6. The lowest BCUT2D eigenvalue weighted by atomic mass is 10.1. The molecule has 0 aromatic heterocycles. The third-order valence-electron chi connectivity index (χ3n) is 5.08. The molecule has 8 heteroatoms. The van der Waals surface area contributed by atoms with Gasteiger partial charge in [0, 0.05) is 5.69 Å². The van der Waals surface area contributed by atoms with E-state index in [1.807, 2.05) is 19.1 Å². The topological polar surface area (TPSA) is 77.0 Å². The largest absolute Gasteiger partial charge is 0.457 e. The lowest BCUT2D eigenvalue weighted by Crippen LogP contribution is -2.34. The van der Waals surface area contributed by atoms with Crippen molar-refractivity contribution in [2.75, 3.05) is 18.5 Å². The number of para-hydroxylation sites is 1. The molecule has 2 aromatic rings. The van der Waals surface area contributed by atoms with Gasteiger partial charge in [-0.25, -0.2) is 4.39 Å². The van der Waals surface area contributed by atoms with Crippen molar-refractivity contribution in [1.82, 2.24) is 0 Å². The van der Waals surface area contributed by atoms with E-state index in [4.69, 9.17) is 25.8 Å². The Labute approximate surface area is 172 Å². The molecule has 4 atom stereocenters. The van der Waals surface area contributed by atoms with Crippen LogP contribution in [-0.2, 0) is 25.4 Å². The van der Waals surface area contributed by atoms with Crippen molar-refractivity contribution < 1.29 is 28.5 Å². The third-order valence-corrected chi connectivity index (χ3v) is 5.40. The van der Waals surface area contributed by atoms with Crippen LogP contribution in [0.5, 0.6) is 0 Å². The van der Waals surface area contributed by atoms with Gasteiger partial charge in [-0.15, -0.1) is 0 Å². The Morgan fingerprint density at radius 3 is 2.86 bits per heavy atom. The highest BCUT2D eigenvalue weighted by Gasteiger charge is 2.48. The first-order valence-electron chi connectivity index (χ1n) is 9.33. The number of halogens is 2. The Hall–Kier alpha value is -2.19. The van der Waals surface area contributed by atoms with Crippen molar-refractivity contribution >= 4 is 28.9 Å². The Kier molecular flexibility index (Phi) is 5.74. The average Bonchev–Trinajstić information content (AvgIpc) is 3.23. The van der Waals surface area contributed by atoms with Gasteiger partial charge in [0.15, 0.2) is 6.10 Å². The number of fused-ring (bicyclic) bond motifs is 1. The molecule has 0 spiro atoms. The van der Waals surface area contributed by atoms with Crippen LogP contribution in [0.4, 0.5) is 15.8 Å². The standard InChI is InChI=1S/C21H21ClFNO5/c1-11-5-6-15(24-19-13(22)3-2-4-14(19)23)12(7-11)8-18(26)29-17-10-28-20-16(25)9-27-21(17)20/h2-7,16-17,20-21,24-25H,8-10H2,1H3. The number of aliphatic hydroxyl groups excluding tert-OH is 1. The number of ether oxygens (including phenoxy) is 3. The van der Waals surface area contributed by atoms with Crippen LogP contribution >= 0.6 is 11.6 Å². The number of nitrogens with one attached hydrogen (secondary N) is 1. The monoisotopic (exact) mass is 421 g/mol. The van der Waals surface area contributed by atoms with Gasteiger partial charge in [-0.3, -0.25) is 4.79 Å². The lowest BCUT2D eigenvalue weighted by molar-refractivity contribution is -0.152. The molecule has 2 heterocycles. The van der Waals surface area contributed by atoms with E-state index < -0.39 is 36.2 Å². The molecule has 29 heavy (non-hydrogen) atoms. The number of hydrogen-bond donors (Lipinski definition) is 2. The lowest BCUT2D eigenvalue weighted by Gasteiger charge is -2.18. The van der Waals surface area contributed by atoms with Crippen LogP contribution in [0.1, 0.15) is 11.1 Å². The molecule has 4 rings (SSSR count). The number of carbonyl (C=O) groups excluding carboxylic acids is 1. The number of anilines is 2. The molecular weight excluding hydrogens is 401 g/mol. The molecule has 2 aromatic carbocycles. The number of esters is 1. The number of rotatable bonds is 5. The zero-order chi connectivity index (χ0) is 20.5. The molecule has 0 saturated carbocycles. The third kappa shape index (κ3) is 4.23. The minimum atomic E-state index is -0.707. The van der Waals surface area contributed by atoms with Gasteiger partial charge in [0.05, 0.1) is 30.3 Å². The summed E-state index contributed by atoms with van der Waals surface area (Å²) in [5.74, 6) is -0.949. The van der Waals surface area contributed by atoms with Gasteiger partial charge in [-0.2, -0.15) is 0 Å². The number of benzene rings is 2. The summed E-state index contributed by atoms with van der Waals surface area (Å²) >= 11 is 6.10. The first-order valence-corrected chi connectivity index (χ1v) is 9.71. The summed E-state index contributed by atoms with van der Waals surface area (Å²) in [5, 5.41) is 13.0. The van der Waals surface area contributed by atoms with Gasteiger partial charge in [-0.05, 0) is 30.7 Å². The molecule has 2 N–H and O–H groups in total. The van der Waals surface area contributed by atoms with Gasteiger partial charge in [0.2, 0.25) is 0 Å². The van der Waals surface area contributed by atoms with Gasteiger partial charge in [-0.1, -0.05) is 35.4 Å². The highest BCUT2D eigenvalue weighted by molar-refractivity contribution is 6.33. The van der Waals surface area contributed by atoms with Gasteiger partial charge >= 0.3 is 5.97 Å². The molecule has 2 saturated heterocycles.